The normalized spacial score (nSPS) is 32.3. The fraction of sp³-hybridized carbons (Fsp3) is 0.533. The van der Waals surface area contributed by atoms with Gasteiger partial charge in [0.2, 0.25) is 11.8 Å². The Hall–Kier alpha value is -2.19. The van der Waals surface area contributed by atoms with E-state index in [1.165, 1.54) is 6.07 Å². The largest absolute Gasteiger partial charge is 0.390 e. The summed E-state index contributed by atoms with van der Waals surface area (Å²) in [5.41, 5.74) is -0.762. The van der Waals surface area contributed by atoms with E-state index in [1.807, 2.05) is 13.0 Å². The van der Waals surface area contributed by atoms with Gasteiger partial charge in [-0.3, -0.25) is 9.59 Å². The molecule has 1 saturated heterocycles. The molecular weight excluding hydrogens is 540 g/mol. The van der Waals surface area contributed by atoms with Gasteiger partial charge in [-0.15, -0.1) is 0 Å². The van der Waals surface area contributed by atoms with Crippen molar-refractivity contribution in [2.24, 2.45) is 5.41 Å². The van der Waals surface area contributed by atoms with Gasteiger partial charge in [-0.25, -0.2) is 4.39 Å². The minimum Gasteiger partial charge on any atom is -0.390 e. The minimum atomic E-state index is -1.28. The number of anilines is 1. The number of rotatable bonds is 4. The number of nitrogens with one attached hydrogen (secondary N) is 3. The molecule has 1 spiro atoms. The van der Waals surface area contributed by atoms with Crippen molar-refractivity contribution in [3.8, 4) is 0 Å². The Balaban J connectivity index is 1.65. The highest BCUT2D eigenvalue weighted by Crippen LogP contribution is 2.57. The van der Waals surface area contributed by atoms with Crippen LogP contribution in [0.5, 0.6) is 0 Å². The molecule has 2 aromatic rings. The Labute approximate surface area is 239 Å². The molecule has 2 aliphatic heterocycles. The van der Waals surface area contributed by atoms with Crippen LogP contribution < -0.4 is 16.0 Å². The van der Waals surface area contributed by atoms with Crippen molar-refractivity contribution in [2.75, 3.05) is 5.32 Å². The van der Waals surface area contributed by atoms with Gasteiger partial charge in [-0.2, -0.15) is 0 Å². The molecule has 2 heterocycles. The fourth-order valence-corrected chi connectivity index (χ4v) is 7.18. The van der Waals surface area contributed by atoms with Crippen molar-refractivity contribution in [2.45, 2.75) is 94.9 Å². The summed E-state index contributed by atoms with van der Waals surface area (Å²) in [7, 11) is 0. The van der Waals surface area contributed by atoms with E-state index in [4.69, 9.17) is 23.2 Å². The number of carbonyl (C=O) groups is 2. The summed E-state index contributed by atoms with van der Waals surface area (Å²) in [6.07, 6.45) is 2.99. The molecule has 0 unspecified atom stereocenters. The molecule has 39 heavy (non-hydrogen) atoms. The van der Waals surface area contributed by atoms with Gasteiger partial charge >= 0.3 is 0 Å². The monoisotopic (exact) mass is 575 g/mol. The van der Waals surface area contributed by atoms with Gasteiger partial charge in [0.25, 0.3) is 0 Å². The molecule has 4 atom stereocenters. The SMILES string of the molecule is CC(C)(C)C[C@@H]1N[C@@H](C(=O)NC2CCC(C)(O)CC2)[C@H](c2cccc(Cl)c2F)[C@@]12C(=O)Nc1cc(Cl)ccc12. The van der Waals surface area contributed by atoms with Crippen LogP contribution in [-0.2, 0) is 15.0 Å². The van der Waals surface area contributed by atoms with Crippen LogP contribution >= 0.6 is 23.2 Å². The van der Waals surface area contributed by atoms with E-state index < -0.39 is 34.8 Å². The topological polar surface area (TPSA) is 90.5 Å². The van der Waals surface area contributed by atoms with E-state index in [-0.39, 0.29) is 33.9 Å². The van der Waals surface area contributed by atoms with E-state index in [9.17, 15) is 14.7 Å². The molecule has 2 fully saturated rings. The number of hydrogen-bond donors (Lipinski definition) is 4. The molecule has 0 aromatic heterocycles. The fourth-order valence-electron chi connectivity index (χ4n) is 6.83. The summed E-state index contributed by atoms with van der Waals surface area (Å²) in [4.78, 5) is 28.2. The summed E-state index contributed by atoms with van der Waals surface area (Å²) >= 11 is 12.5. The van der Waals surface area contributed by atoms with Crippen LogP contribution in [0.3, 0.4) is 0 Å². The van der Waals surface area contributed by atoms with Gasteiger partial charge in [-0.1, -0.05) is 62.2 Å². The van der Waals surface area contributed by atoms with Crippen molar-refractivity contribution >= 4 is 40.7 Å². The summed E-state index contributed by atoms with van der Waals surface area (Å²) in [6.45, 7) is 8.04. The van der Waals surface area contributed by atoms with E-state index in [0.29, 0.717) is 48.4 Å². The lowest BCUT2D eigenvalue weighted by Gasteiger charge is -2.38. The van der Waals surface area contributed by atoms with Crippen molar-refractivity contribution in [1.29, 1.82) is 0 Å². The highest BCUT2D eigenvalue weighted by Gasteiger charge is 2.66. The van der Waals surface area contributed by atoms with Crippen LogP contribution in [0.1, 0.15) is 76.8 Å². The number of benzene rings is 2. The van der Waals surface area contributed by atoms with Crippen LogP contribution in [0.15, 0.2) is 36.4 Å². The van der Waals surface area contributed by atoms with E-state index >= 15 is 4.39 Å². The lowest BCUT2D eigenvalue weighted by atomic mass is 9.62. The molecule has 2 amide bonds. The minimum absolute atomic E-state index is 0.0645. The average Bonchev–Trinajstić information content (AvgIpc) is 3.31. The van der Waals surface area contributed by atoms with E-state index in [1.54, 1.807) is 24.3 Å². The standard InChI is InChI=1S/C30H36Cl2FN3O3/c1-28(2,3)15-22-30(19-9-8-16(31)14-21(19)35-27(30)38)23(18-6-5-7-20(32)24(18)33)25(36-22)26(37)34-17-10-12-29(4,39)13-11-17/h5-9,14,17,22-23,25,36,39H,10-13,15H2,1-4H3,(H,34,37)(H,35,38)/t17?,22-,23-,25+,29?,30-/m0/s1. The Morgan fingerprint density at radius 3 is 2.54 bits per heavy atom. The first-order valence-electron chi connectivity index (χ1n) is 13.6. The zero-order valence-electron chi connectivity index (χ0n) is 22.7. The molecule has 2 aromatic carbocycles. The molecule has 5 rings (SSSR count). The Morgan fingerprint density at radius 1 is 1.18 bits per heavy atom. The van der Waals surface area contributed by atoms with E-state index in [2.05, 4.69) is 36.7 Å². The third kappa shape index (κ3) is 5.08. The predicted octanol–water partition coefficient (Wildman–Crippen LogP) is 5.69. The van der Waals surface area contributed by atoms with Crippen molar-refractivity contribution in [3.05, 3.63) is 63.4 Å². The Morgan fingerprint density at radius 2 is 1.87 bits per heavy atom. The average molecular weight is 577 g/mol. The first-order chi connectivity index (χ1) is 18.2. The molecule has 6 nitrogen and oxygen atoms in total. The van der Waals surface area contributed by atoms with Gasteiger partial charge in [-0.05, 0) is 73.8 Å². The number of hydrogen-bond acceptors (Lipinski definition) is 4. The first-order valence-corrected chi connectivity index (χ1v) is 14.3. The van der Waals surface area contributed by atoms with Crippen molar-refractivity contribution < 1.29 is 19.1 Å². The Bertz CT molecular complexity index is 1300. The highest BCUT2D eigenvalue weighted by atomic mass is 35.5. The maximum Gasteiger partial charge on any atom is 0.238 e. The highest BCUT2D eigenvalue weighted by molar-refractivity contribution is 6.31. The third-order valence-corrected chi connectivity index (χ3v) is 9.16. The second kappa shape index (κ2) is 10.0. The number of fused-ring (bicyclic) bond motifs is 2. The lowest BCUT2D eigenvalue weighted by Crippen LogP contribution is -2.50. The van der Waals surface area contributed by atoms with Gasteiger partial charge in [0.05, 0.1) is 16.7 Å². The van der Waals surface area contributed by atoms with Gasteiger partial charge in [0.15, 0.2) is 0 Å². The summed E-state index contributed by atoms with van der Waals surface area (Å²) in [5.74, 6) is -2.10. The van der Waals surface area contributed by atoms with Crippen LogP contribution in [0.4, 0.5) is 10.1 Å². The van der Waals surface area contributed by atoms with Crippen molar-refractivity contribution in [1.82, 2.24) is 10.6 Å². The zero-order chi connectivity index (χ0) is 28.3. The predicted molar refractivity (Wildman–Crippen MR) is 152 cm³/mol. The maximum absolute atomic E-state index is 15.8. The number of aliphatic hydroxyl groups is 1. The van der Waals surface area contributed by atoms with Crippen LogP contribution in [0.25, 0.3) is 0 Å². The van der Waals surface area contributed by atoms with E-state index in [0.717, 1.165) is 0 Å². The van der Waals surface area contributed by atoms with Crippen molar-refractivity contribution in [3.63, 3.8) is 0 Å². The second-order valence-electron chi connectivity index (χ2n) is 12.9. The molecule has 1 aliphatic carbocycles. The molecule has 4 N–H and O–H groups in total. The number of halogens is 3. The molecule has 0 radical (unpaired) electrons. The molecule has 3 aliphatic rings. The summed E-state index contributed by atoms with van der Waals surface area (Å²) in [5, 5.41) is 20.4. The number of amides is 2. The number of carbonyl (C=O) groups excluding carboxylic acids is 2. The lowest BCUT2D eigenvalue weighted by molar-refractivity contribution is -0.125. The Kier molecular flexibility index (Phi) is 7.28. The smallest absolute Gasteiger partial charge is 0.238 e. The molecule has 1 saturated carbocycles. The second-order valence-corrected chi connectivity index (χ2v) is 13.7. The summed E-state index contributed by atoms with van der Waals surface area (Å²) < 4.78 is 15.8. The van der Waals surface area contributed by atoms with Gasteiger partial charge in [0.1, 0.15) is 11.2 Å². The summed E-state index contributed by atoms with van der Waals surface area (Å²) in [6, 6.07) is 8.47. The molecule has 210 valence electrons. The quantitative estimate of drug-likeness (QED) is 0.377. The molecule has 9 heteroatoms. The first kappa shape index (κ1) is 28.3. The van der Waals surface area contributed by atoms with Crippen LogP contribution in [0.2, 0.25) is 10.0 Å². The molecule has 0 bridgehead atoms. The van der Waals surface area contributed by atoms with Gasteiger partial charge in [0, 0.05) is 28.7 Å². The third-order valence-electron chi connectivity index (χ3n) is 8.63. The maximum atomic E-state index is 15.8. The van der Waals surface area contributed by atoms with Crippen LogP contribution in [0, 0.1) is 11.2 Å². The van der Waals surface area contributed by atoms with Gasteiger partial charge < -0.3 is 21.1 Å². The van der Waals surface area contributed by atoms with Crippen LogP contribution in [-0.4, -0.2) is 40.6 Å². The molecular formula is C30H36Cl2FN3O3. The zero-order valence-corrected chi connectivity index (χ0v) is 24.2.